The van der Waals surface area contributed by atoms with Gasteiger partial charge in [-0.3, -0.25) is 24.6 Å². The van der Waals surface area contributed by atoms with E-state index in [9.17, 15) is 39.5 Å². The molecule has 2 N–H and O–H groups in total. The molecule has 5 heterocycles. The van der Waals surface area contributed by atoms with Crippen molar-refractivity contribution in [2.24, 2.45) is 11.8 Å². The van der Waals surface area contributed by atoms with Gasteiger partial charge in [-0.25, -0.2) is 14.6 Å². The number of aliphatic hydroxyl groups is 1. The summed E-state index contributed by atoms with van der Waals surface area (Å²) in [6.07, 6.45) is 5.41. The molecular weight excluding hydrogens is 632 g/mol. The van der Waals surface area contributed by atoms with E-state index in [-0.39, 0.29) is 54.1 Å². The van der Waals surface area contributed by atoms with Gasteiger partial charge in [0.25, 0.3) is 5.69 Å². The highest BCUT2D eigenvalue weighted by Crippen LogP contribution is 2.52. The van der Waals surface area contributed by atoms with Crippen molar-refractivity contribution < 1.29 is 39.1 Å². The van der Waals surface area contributed by atoms with Gasteiger partial charge in [-0.05, 0) is 43.9 Å². The third kappa shape index (κ3) is 6.06. The zero-order chi connectivity index (χ0) is 33.6. The molecule has 250 valence electrons. The molecule has 0 bridgehead atoms. The Hall–Kier alpha value is -4.44. The maximum Gasteiger partial charge on any atom is 0.410 e. The quantitative estimate of drug-likeness (QED) is 0.227. The number of nitrogens with zero attached hydrogens (tertiary/aromatic N) is 6. The lowest BCUT2D eigenvalue weighted by Crippen LogP contribution is -2.63. The Morgan fingerprint density at radius 3 is 2.49 bits per heavy atom. The van der Waals surface area contributed by atoms with E-state index in [0.717, 1.165) is 12.8 Å². The summed E-state index contributed by atoms with van der Waals surface area (Å²) in [5.41, 5.74) is 0.332. The van der Waals surface area contributed by atoms with Gasteiger partial charge in [0.05, 0.1) is 29.3 Å². The molecule has 1 unspecified atom stereocenters. The molecule has 3 amide bonds. The van der Waals surface area contributed by atoms with Gasteiger partial charge >= 0.3 is 12.1 Å². The topological polar surface area (TPSA) is 189 Å². The number of aromatic nitrogens is 2. The van der Waals surface area contributed by atoms with Crippen LogP contribution in [0.4, 0.5) is 10.5 Å². The number of carboxylic acid groups (broad SMARTS) is 1. The number of carbonyl (C=O) groups excluding carboxylic acids is 3. The highest BCUT2D eigenvalue weighted by molar-refractivity contribution is 8.03. The SMILES string of the molecule is CC(O)[C@H]1C(=O)N2C(C(=O)O)=C(S[C@H]3C[C@@H](C(=O)N4CCC(n5ccnc5)CC4)N(C(=O)OCc4ccc([N+](=O)[O-])cc4)C3)[C@H](C)[C@H]12. The van der Waals surface area contributed by atoms with E-state index in [2.05, 4.69) is 4.98 Å². The first-order chi connectivity index (χ1) is 22.5. The van der Waals surface area contributed by atoms with E-state index in [1.807, 2.05) is 17.7 Å². The van der Waals surface area contributed by atoms with Gasteiger partial charge in [0.2, 0.25) is 11.8 Å². The summed E-state index contributed by atoms with van der Waals surface area (Å²) in [6, 6.07) is 4.50. The van der Waals surface area contributed by atoms with Crippen LogP contribution in [0.1, 0.15) is 44.7 Å². The second-order valence-electron chi connectivity index (χ2n) is 12.5. The Morgan fingerprint density at radius 1 is 1.19 bits per heavy atom. The number of nitro groups is 1. The van der Waals surface area contributed by atoms with Gasteiger partial charge < -0.3 is 29.3 Å². The number of ether oxygens (including phenoxy) is 1. The number of benzene rings is 1. The van der Waals surface area contributed by atoms with Crippen LogP contribution < -0.4 is 0 Å². The van der Waals surface area contributed by atoms with Crippen LogP contribution in [0.2, 0.25) is 0 Å². The molecule has 0 radical (unpaired) electrons. The lowest BCUT2D eigenvalue weighted by atomic mass is 9.79. The van der Waals surface area contributed by atoms with Gasteiger partial charge in [0, 0.05) is 66.3 Å². The summed E-state index contributed by atoms with van der Waals surface area (Å²) in [5, 5.41) is 30.9. The number of thioether (sulfide) groups is 1. The number of carbonyl (C=O) groups is 4. The number of piperidine rings is 1. The second kappa shape index (κ2) is 13.0. The number of β-lactam (4-membered cyclic amide) rings is 1. The van der Waals surface area contributed by atoms with Crippen molar-refractivity contribution in [1.29, 1.82) is 0 Å². The number of fused-ring (bicyclic) bond motifs is 1. The van der Waals surface area contributed by atoms with Crippen molar-refractivity contribution in [2.45, 2.75) is 69.2 Å². The van der Waals surface area contributed by atoms with Crippen molar-refractivity contribution in [3.8, 4) is 0 Å². The van der Waals surface area contributed by atoms with Crippen molar-refractivity contribution in [3.05, 3.63) is 69.3 Å². The fourth-order valence-electron chi connectivity index (χ4n) is 7.20. The van der Waals surface area contributed by atoms with Crippen LogP contribution in [0.3, 0.4) is 0 Å². The zero-order valence-electron chi connectivity index (χ0n) is 25.9. The number of carboxylic acids is 1. The molecule has 47 heavy (non-hydrogen) atoms. The smallest absolute Gasteiger partial charge is 0.410 e. The zero-order valence-corrected chi connectivity index (χ0v) is 26.7. The lowest BCUT2D eigenvalue weighted by Gasteiger charge is -2.46. The van der Waals surface area contributed by atoms with Crippen molar-refractivity contribution in [2.75, 3.05) is 19.6 Å². The summed E-state index contributed by atoms with van der Waals surface area (Å²) in [5.74, 6) is -2.95. The fourth-order valence-corrected chi connectivity index (χ4v) is 8.72. The predicted octanol–water partition coefficient (Wildman–Crippen LogP) is 2.62. The largest absolute Gasteiger partial charge is 0.477 e. The van der Waals surface area contributed by atoms with E-state index in [4.69, 9.17) is 4.74 Å². The number of hydrogen-bond acceptors (Lipinski definition) is 10. The summed E-state index contributed by atoms with van der Waals surface area (Å²) in [7, 11) is 0. The number of hydrogen-bond donors (Lipinski definition) is 2. The number of aliphatic carboxylic acids is 1. The van der Waals surface area contributed by atoms with E-state index < -0.39 is 47.0 Å². The van der Waals surface area contributed by atoms with Crippen LogP contribution in [-0.4, -0.2) is 106 Å². The van der Waals surface area contributed by atoms with E-state index in [0.29, 0.717) is 23.6 Å². The van der Waals surface area contributed by atoms with Gasteiger partial charge in [0.1, 0.15) is 18.3 Å². The highest BCUT2D eigenvalue weighted by Gasteiger charge is 2.60. The minimum Gasteiger partial charge on any atom is -0.477 e. The summed E-state index contributed by atoms with van der Waals surface area (Å²) in [4.78, 5) is 72.1. The number of nitro benzene ring substituents is 1. The molecule has 1 aromatic heterocycles. The Kier molecular flexibility index (Phi) is 8.98. The first kappa shape index (κ1) is 32.5. The minimum absolute atomic E-state index is 0.0932. The predicted molar refractivity (Wildman–Crippen MR) is 166 cm³/mol. The van der Waals surface area contributed by atoms with E-state index in [1.165, 1.54) is 52.8 Å². The summed E-state index contributed by atoms with van der Waals surface area (Å²) < 4.78 is 7.61. The monoisotopic (exact) mass is 668 g/mol. The minimum atomic E-state index is -1.25. The molecule has 6 rings (SSSR count). The van der Waals surface area contributed by atoms with Gasteiger partial charge in [-0.2, -0.15) is 0 Å². The normalized spacial score (nSPS) is 26.7. The van der Waals surface area contributed by atoms with Crippen molar-refractivity contribution in [3.63, 3.8) is 0 Å². The van der Waals surface area contributed by atoms with E-state index in [1.54, 1.807) is 17.4 Å². The Morgan fingerprint density at radius 2 is 1.89 bits per heavy atom. The molecule has 3 saturated heterocycles. The number of aliphatic hydroxyl groups excluding tert-OH is 1. The number of rotatable bonds is 9. The summed E-state index contributed by atoms with van der Waals surface area (Å²) in [6.45, 7) is 4.28. The number of likely N-dealkylation sites (tertiary alicyclic amines) is 2. The average molecular weight is 669 g/mol. The van der Waals surface area contributed by atoms with Crippen LogP contribution in [-0.2, 0) is 25.7 Å². The fraction of sp³-hybridized carbons (Fsp3) is 0.516. The standard InChI is InChI=1S/C31H36N6O9S/c1-17-25-24(18(2)38)29(40)36(25)26(30(41)42)27(17)47-22-13-23(28(39)33-10-7-20(8-11-33)34-12-9-32-16-34)35(14-22)31(43)46-15-19-3-5-21(6-4-19)37(44)45/h3-6,9,12,16-18,20,22-25,38H,7-8,10-11,13-15H2,1-2H3,(H,41,42)/t17-,18?,22+,23+,24-,25-/m1/s1. The lowest BCUT2D eigenvalue weighted by molar-refractivity contribution is -0.384. The van der Waals surface area contributed by atoms with Crippen LogP contribution in [0.5, 0.6) is 0 Å². The molecular formula is C31H36N6O9S. The molecule has 16 heteroatoms. The molecule has 2 aromatic rings. The Bertz CT molecular complexity index is 1590. The molecule has 6 atom stereocenters. The third-order valence-electron chi connectivity index (χ3n) is 9.62. The van der Waals surface area contributed by atoms with Crippen molar-refractivity contribution in [1.82, 2.24) is 24.3 Å². The summed E-state index contributed by atoms with van der Waals surface area (Å²) >= 11 is 1.26. The molecule has 4 aliphatic rings. The first-order valence-corrected chi connectivity index (χ1v) is 16.4. The maximum atomic E-state index is 14.0. The first-order valence-electron chi connectivity index (χ1n) is 15.5. The maximum absolute atomic E-state index is 14.0. The molecule has 0 spiro atoms. The Balaban J connectivity index is 1.19. The van der Waals surface area contributed by atoms with Gasteiger partial charge in [0.15, 0.2) is 0 Å². The number of non-ortho nitro benzene ring substituents is 1. The Labute approximate surface area is 274 Å². The van der Waals surface area contributed by atoms with Crippen LogP contribution in [0, 0.1) is 22.0 Å². The number of amides is 3. The molecule has 4 aliphatic heterocycles. The van der Waals surface area contributed by atoms with Crippen LogP contribution >= 0.6 is 11.8 Å². The van der Waals surface area contributed by atoms with Crippen LogP contribution in [0.25, 0.3) is 0 Å². The van der Waals surface area contributed by atoms with E-state index >= 15 is 0 Å². The van der Waals surface area contributed by atoms with Crippen molar-refractivity contribution >= 4 is 41.3 Å². The van der Waals surface area contributed by atoms with Gasteiger partial charge in [-0.1, -0.05) is 6.92 Å². The van der Waals surface area contributed by atoms with Gasteiger partial charge in [-0.15, -0.1) is 11.8 Å². The third-order valence-corrected chi connectivity index (χ3v) is 11.1. The van der Waals surface area contributed by atoms with Crippen LogP contribution in [0.15, 0.2) is 53.6 Å². The molecule has 3 fully saturated rings. The molecule has 1 aromatic carbocycles. The second-order valence-corrected chi connectivity index (χ2v) is 13.8. The number of imidazole rings is 1. The highest BCUT2D eigenvalue weighted by atomic mass is 32.2. The molecule has 15 nitrogen and oxygen atoms in total. The average Bonchev–Trinajstić information content (AvgIpc) is 3.78. The molecule has 0 saturated carbocycles. The molecule has 0 aliphatic carbocycles.